The number of allylic oxidation sites excluding steroid dienone is 2. The molecule has 0 aromatic heterocycles. The Balaban J connectivity index is 2.34. The fourth-order valence-corrected chi connectivity index (χ4v) is 5.86. The number of rotatable bonds is 13. The van der Waals surface area contributed by atoms with Crippen LogP contribution >= 0.6 is 0 Å². The summed E-state index contributed by atoms with van der Waals surface area (Å²) >= 11 is 0. The van der Waals surface area contributed by atoms with Crippen molar-refractivity contribution in [1.82, 2.24) is 11.0 Å². The molecule has 0 amide bonds. The van der Waals surface area contributed by atoms with Crippen LogP contribution < -0.4 is 11.0 Å². The fraction of sp³-hybridized carbons (Fsp3) is 0.818. The van der Waals surface area contributed by atoms with Crippen molar-refractivity contribution < 1.29 is 25.4 Å². The van der Waals surface area contributed by atoms with Crippen LogP contribution in [0.15, 0.2) is 22.5 Å². The van der Waals surface area contributed by atoms with Crippen molar-refractivity contribution in [3.63, 3.8) is 0 Å². The van der Waals surface area contributed by atoms with Gasteiger partial charge in [-0.25, -0.2) is 11.0 Å². The summed E-state index contributed by atoms with van der Waals surface area (Å²) in [6.45, 7) is 3.84. The van der Waals surface area contributed by atoms with E-state index in [1.165, 1.54) is 0 Å². The SMILES string of the molecule is CCCCS(=O)(=O)ONC(=C1CCCCC1)C(NOS(=O)(=O)CCCC)=C1CCCCC1. The van der Waals surface area contributed by atoms with Gasteiger partial charge in [-0.15, -0.1) is 0 Å². The van der Waals surface area contributed by atoms with Crippen molar-refractivity contribution in [2.45, 2.75) is 104 Å². The normalized spacial score (nSPS) is 17.8. The van der Waals surface area contributed by atoms with E-state index in [0.717, 1.165) is 88.2 Å². The van der Waals surface area contributed by atoms with E-state index in [2.05, 4.69) is 11.0 Å². The summed E-state index contributed by atoms with van der Waals surface area (Å²) in [6, 6.07) is 0. The third-order valence-electron chi connectivity index (χ3n) is 5.91. The van der Waals surface area contributed by atoms with Crippen molar-refractivity contribution in [3.05, 3.63) is 22.5 Å². The lowest BCUT2D eigenvalue weighted by Gasteiger charge is -2.26. The first-order valence-corrected chi connectivity index (χ1v) is 15.2. The molecule has 0 heterocycles. The molecule has 0 aliphatic heterocycles. The molecule has 0 spiro atoms. The lowest BCUT2D eigenvalue weighted by molar-refractivity contribution is 0.207. The first-order valence-electron chi connectivity index (χ1n) is 12.1. The average molecular weight is 493 g/mol. The minimum Gasteiger partial charge on any atom is -0.247 e. The number of hydrogen-bond acceptors (Lipinski definition) is 8. The van der Waals surface area contributed by atoms with Gasteiger partial charge >= 0.3 is 0 Å². The minimum atomic E-state index is -3.75. The highest BCUT2D eigenvalue weighted by Gasteiger charge is 2.24. The molecule has 186 valence electrons. The Labute approximate surface area is 194 Å². The van der Waals surface area contributed by atoms with Crippen LogP contribution in [0.25, 0.3) is 0 Å². The molecule has 0 atom stereocenters. The zero-order chi connectivity index (χ0) is 23.5. The summed E-state index contributed by atoms with van der Waals surface area (Å²) in [5, 5.41) is 0. The monoisotopic (exact) mass is 492 g/mol. The van der Waals surface area contributed by atoms with E-state index in [0.29, 0.717) is 24.2 Å². The summed E-state index contributed by atoms with van der Waals surface area (Å²) in [4.78, 5) is 0. The molecule has 32 heavy (non-hydrogen) atoms. The van der Waals surface area contributed by atoms with Gasteiger partial charge in [0.25, 0.3) is 20.2 Å². The Morgan fingerprint density at radius 3 is 1.31 bits per heavy atom. The molecule has 0 aromatic carbocycles. The standard InChI is InChI=1S/C22H40N2O6S2/c1-3-5-17-31(25,26)29-23-21(19-13-9-7-10-14-19)22(20-15-11-8-12-16-20)24-30-32(27,28)18-6-4-2/h23-24H,3-18H2,1-2H3. The molecule has 2 saturated carbocycles. The zero-order valence-electron chi connectivity index (χ0n) is 19.6. The maximum Gasteiger partial charge on any atom is 0.287 e. The summed E-state index contributed by atoms with van der Waals surface area (Å²) in [6.07, 6.45) is 12.0. The molecule has 2 rings (SSSR count). The highest BCUT2D eigenvalue weighted by atomic mass is 32.2. The molecule has 0 unspecified atom stereocenters. The number of nitrogens with one attached hydrogen (secondary N) is 2. The average Bonchev–Trinajstić information content (AvgIpc) is 2.79. The van der Waals surface area contributed by atoms with Gasteiger partial charge in [0.05, 0.1) is 22.9 Å². The van der Waals surface area contributed by atoms with Gasteiger partial charge in [0.2, 0.25) is 0 Å². The van der Waals surface area contributed by atoms with Crippen LogP contribution in [0.3, 0.4) is 0 Å². The van der Waals surface area contributed by atoms with Gasteiger partial charge in [0.1, 0.15) is 0 Å². The van der Waals surface area contributed by atoms with Gasteiger partial charge in [-0.2, -0.15) is 25.4 Å². The lowest BCUT2D eigenvalue weighted by Crippen LogP contribution is -2.32. The van der Waals surface area contributed by atoms with Gasteiger partial charge in [0.15, 0.2) is 0 Å². The molecule has 0 radical (unpaired) electrons. The van der Waals surface area contributed by atoms with Crippen LogP contribution in [0.4, 0.5) is 0 Å². The van der Waals surface area contributed by atoms with E-state index in [1.54, 1.807) is 0 Å². The highest BCUT2D eigenvalue weighted by molar-refractivity contribution is 7.86. The Hall–Kier alpha value is -1.10. The second-order valence-corrected chi connectivity index (χ2v) is 12.1. The third kappa shape index (κ3) is 9.41. The maximum atomic E-state index is 12.3. The quantitative estimate of drug-likeness (QED) is 0.355. The van der Waals surface area contributed by atoms with Crippen LogP contribution in [-0.2, 0) is 28.8 Å². The first kappa shape index (κ1) is 27.1. The van der Waals surface area contributed by atoms with Crippen LogP contribution in [0.5, 0.6) is 0 Å². The predicted molar refractivity (Wildman–Crippen MR) is 126 cm³/mol. The molecular weight excluding hydrogens is 452 g/mol. The molecule has 2 aliphatic rings. The van der Waals surface area contributed by atoms with Gasteiger partial charge in [-0.3, -0.25) is 0 Å². The van der Waals surface area contributed by atoms with Crippen molar-refractivity contribution in [3.8, 4) is 0 Å². The van der Waals surface area contributed by atoms with E-state index in [-0.39, 0.29) is 11.5 Å². The highest BCUT2D eigenvalue weighted by Crippen LogP contribution is 2.32. The van der Waals surface area contributed by atoms with E-state index < -0.39 is 20.2 Å². The summed E-state index contributed by atoms with van der Waals surface area (Å²) in [5.41, 5.74) is 8.54. The van der Waals surface area contributed by atoms with E-state index >= 15 is 0 Å². The maximum absolute atomic E-state index is 12.3. The van der Waals surface area contributed by atoms with Crippen molar-refractivity contribution in [1.29, 1.82) is 0 Å². The predicted octanol–water partition coefficient (Wildman–Crippen LogP) is 4.73. The minimum absolute atomic E-state index is 0.0691. The van der Waals surface area contributed by atoms with Crippen LogP contribution in [0.1, 0.15) is 104 Å². The second-order valence-electron chi connectivity index (χ2n) is 8.68. The second kappa shape index (κ2) is 13.6. The summed E-state index contributed by atoms with van der Waals surface area (Å²) in [7, 11) is -7.50. The van der Waals surface area contributed by atoms with E-state index in [9.17, 15) is 16.8 Å². The number of hydroxylamine groups is 2. The van der Waals surface area contributed by atoms with E-state index in [4.69, 9.17) is 8.57 Å². The van der Waals surface area contributed by atoms with Crippen molar-refractivity contribution in [2.24, 2.45) is 0 Å². The van der Waals surface area contributed by atoms with Crippen molar-refractivity contribution >= 4 is 20.2 Å². The van der Waals surface area contributed by atoms with Crippen LogP contribution in [-0.4, -0.2) is 28.3 Å². The molecule has 0 aromatic rings. The van der Waals surface area contributed by atoms with Gasteiger partial charge in [0, 0.05) is 0 Å². The summed E-state index contributed by atoms with van der Waals surface area (Å²) < 4.78 is 59.8. The lowest BCUT2D eigenvalue weighted by atomic mass is 9.88. The zero-order valence-corrected chi connectivity index (χ0v) is 21.2. The molecule has 0 bridgehead atoms. The fourth-order valence-electron chi connectivity index (χ4n) is 3.99. The number of unbranched alkanes of at least 4 members (excludes halogenated alkanes) is 2. The third-order valence-corrected chi connectivity index (χ3v) is 8.16. The Morgan fingerprint density at radius 1 is 0.656 bits per heavy atom. The van der Waals surface area contributed by atoms with Crippen LogP contribution in [0, 0.1) is 0 Å². The molecule has 2 N–H and O–H groups in total. The molecular formula is C22H40N2O6S2. The molecule has 10 heteroatoms. The smallest absolute Gasteiger partial charge is 0.247 e. The molecule has 2 aliphatic carbocycles. The topological polar surface area (TPSA) is 111 Å². The number of hydrogen-bond donors (Lipinski definition) is 2. The molecule has 0 saturated heterocycles. The van der Waals surface area contributed by atoms with Crippen molar-refractivity contribution in [2.75, 3.05) is 11.5 Å². The molecule has 8 nitrogen and oxygen atoms in total. The Kier molecular flexibility index (Phi) is 11.5. The van der Waals surface area contributed by atoms with Gasteiger partial charge in [-0.1, -0.05) is 39.5 Å². The largest absolute Gasteiger partial charge is 0.287 e. The Bertz CT molecular complexity index is 775. The van der Waals surface area contributed by atoms with Gasteiger partial charge in [-0.05, 0) is 75.4 Å². The van der Waals surface area contributed by atoms with Gasteiger partial charge < -0.3 is 0 Å². The first-order chi connectivity index (χ1) is 15.3. The van der Waals surface area contributed by atoms with Crippen LogP contribution in [0.2, 0.25) is 0 Å². The van der Waals surface area contributed by atoms with E-state index in [1.807, 2.05) is 13.8 Å². The summed E-state index contributed by atoms with van der Waals surface area (Å²) in [5.74, 6) is -0.138. The Morgan fingerprint density at radius 2 is 1.00 bits per heavy atom. The molecule has 2 fully saturated rings.